The van der Waals surface area contributed by atoms with Gasteiger partial charge >= 0.3 is 17.9 Å². The molecule has 0 aromatic heterocycles. The number of rotatable bonds is 67. The maximum Gasteiger partial charge on any atom is 0.306 e. The highest BCUT2D eigenvalue weighted by molar-refractivity contribution is 5.71. The van der Waals surface area contributed by atoms with Crippen molar-refractivity contribution >= 4 is 17.9 Å². The molecule has 83 heavy (non-hydrogen) atoms. The van der Waals surface area contributed by atoms with E-state index in [1.54, 1.807) is 0 Å². The molecule has 0 rings (SSSR count). The molecule has 0 heterocycles. The third-order valence-electron chi connectivity index (χ3n) is 16.2. The van der Waals surface area contributed by atoms with Crippen molar-refractivity contribution in [2.24, 2.45) is 0 Å². The molecule has 0 aliphatic carbocycles. The Kier molecular flexibility index (Phi) is 68.6. The molecule has 482 valence electrons. The molecule has 0 aliphatic rings. The SMILES string of the molecule is CC/C=C\C/C=C\C/C=C\C/C=C\C/C=C\CCCCCCCCCCCCCCCCCC(=O)OCC(COC(=O)CCCCCCC/C=C\CCCCCCC)OC(=O)CCCCCCCCCCCCCCCCCCCCCC. The molecule has 0 saturated carbocycles. The largest absolute Gasteiger partial charge is 0.462 e. The first-order chi connectivity index (χ1) is 41.0. The highest BCUT2D eigenvalue weighted by Crippen LogP contribution is 2.18. The van der Waals surface area contributed by atoms with E-state index in [0.717, 1.165) is 96.3 Å². The third kappa shape index (κ3) is 69.5. The number of carbonyl (C=O) groups is 3. The van der Waals surface area contributed by atoms with Crippen LogP contribution in [0.2, 0.25) is 0 Å². The van der Waals surface area contributed by atoms with Crippen LogP contribution in [0.25, 0.3) is 0 Å². The van der Waals surface area contributed by atoms with E-state index in [0.29, 0.717) is 19.3 Å². The minimum absolute atomic E-state index is 0.0726. The Bertz CT molecular complexity index is 1520. The van der Waals surface area contributed by atoms with Gasteiger partial charge in [0, 0.05) is 19.3 Å². The summed E-state index contributed by atoms with van der Waals surface area (Å²) in [4.78, 5) is 38.5. The maximum absolute atomic E-state index is 13.0. The smallest absolute Gasteiger partial charge is 0.306 e. The van der Waals surface area contributed by atoms with Gasteiger partial charge in [-0.2, -0.15) is 0 Å². The number of hydrogen-bond donors (Lipinski definition) is 0. The van der Waals surface area contributed by atoms with Gasteiger partial charge in [0.15, 0.2) is 6.10 Å². The molecular weight excluding hydrogens is 1020 g/mol. The molecule has 0 spiro atoms. The summed E-state index contributed by atoms with van der Waals surface area (Å²) < 4.78 is 17.0. The molecule has 0 bridgehead atoms. The highest BCUT2D eigenvalue weighted by Gasteiger charge is 2.19. The summed E-state index contributed by atoms with van der Waals surface area (Å²) in [7, 11) is 0. The Morgan fingerprint density at radius 3 is 0.747 bits per heavy atom. The maximum atomic E-state index is 13.0. The van der Waals surface area contributed by atoms with Crippen molar-refractivity contribution in [3.05, 3.63) is 72.9 Å². The molecule has 6 heteroatoms. The van der Waals surface area contributed by atoms with Gasteiger partial charge in [-0.15, -0.1) is 0 Å². The van der Waals surface area contributed by atoms with Crippen molar-refractivity contribution in [3.63, 3.8) is 0 Å². The molecule has 0 aromatic carbocycles. The van der Waals surface area contributed by atoms with Crippen LogP contribution in [0.4, 0.5) is 0 Å². The number of ether oxygens (including phenoxy) is 3. The standard InChI is InChI=1S/C77H138O6/c1-4-7-10-13-16-19-22-25-28-30-32-34-35-36-37-38-39-40-41-42-43-44-46-47-49-52-55-58-61-64-67-70-76(79)82-73-74(72-81-75(78)69-66-63-60-57-54-51-27-24-21-18-15-12-9-6-3)83-77(80)71-68-65-62-59-56-53-50-48-45-33-31-29-26-23-20-17-14-11-8-5-2/h7,10,16,19,24-25,27-28,32,34,36-37,74H,4-6,8-9,11-15,17-18,20-23,26,29-31,33,35,38-73H2,1-3H3/b10-7-,19-16-,27-24-,28-25-,34-32-,37-36-. The number of hydrogen-bond acceptors (Lipinski definition) is 6. The van der Waals surface area contributed by atoms with Gasteiger partial charge in [-0.05, 0) is 89.9 Å². The molecule has 0 radical (unpaired) electrons. The average molecular weight is 1160 g/mol. The summed E-state index contributed by atoms with van der Waals surface area (Å²) in [6.07, 6.45) is 93.7. The normalized spacial score (nSPS) is 12.5. The third-order valence-corrected chi connectivity index (χ3v) is 16.2. The first-order valence-corrected chi connectivity index (χ1v) is 36.4. The van der Waals surface area contributed by atoms with Gasteiger partial charge in [0.05, 0.1) is 0 Å². The van der Waals surface area contributed by atoms with Crippen molar-refractivity contribution in [1.29, 1.82) is 0 Å². The molecular formula is C77H138O6. The van der Waals surface area contributed by atoms with E-state index in [2.05, 4.69) is 93.7 Å². The molecule has 0 saturated heterocycles. The fourth-order valence-corrected chi connectivity index (χ4v) is 10.8. The zero-order chi connectivity index (χ0) is 59.9. The highest BCUT2D eigenvalue weighted by atomic mass is 16.6. The summed E-state index contributed by atoms with van der Waals surface area (Å²) in [6.45, 7) is 6.57. The summed E-state index contributed by atoms with van der Waals surface area (Å²) in [5.74, 6) is -0.856. The first-order valence-electron chi connectivity index (χ1n) is 36.4. The summed E-state index contributed by atoms with van der Waals surface area (Å²) in [6, 6.07) is 0. The summed E-state index contributed by atoms with van der Waals surface area (Å²) >= 11 is 0. The Labute approximate surface area is 516 Å². The molecule has 0 fully saturated rings. The molecule has 6 nitrogen and oxygen atoms in total. The lowest BCUT2D eigenvalue weighted by molar-refractivity contribution is -0.167. The van der Waals surface area contributed by atoms with E-state index in [4.69, 9.17) is 14.2 Å². The Hall–Kier alpha value is -3.15. The van der Waals surface area contributed by atoms with Crippen molar-refractivity contribution < 1.29 is 28.6 Å². The number of esters is 3. The second kappa shape index (κ2) is 71.3. The quantitative estimate of drug-likeness (QED) is 0.0261. The van der Waals surface area contributed by atoms with Crippen molar-refractivity contribution in [3.8, 4) is 0 Å². The Morgan fingerprint density at radius 1 is 0.253 bits per heavy atom. The van der Waals surface area contributed by atoms with E-state index in [1.165, 1.54) is 244 Å². The predicted molar refractivity (Wildman–Crippen MR) is 362 cm³/mol. The monoisotopic (exact) mass is 1160 g/mol. The second-order valence-corrected chi connectivity index (χ2v) is 24.5. The van der Waals surface area contributed by atoms with Crippen LogP contribution in [0.3, 0.4) is 0 Å². The van der Waals surface area contributed by atoms with Crippen LogP contribution in [0, 0.1) is 0 Å². The van der Waals surface area contributed by atoms with E-state index < -0.39 is 6.10 Å². The van der Waals surface area contributed by atoms with Crippen molar-refractivity contribution in [2.45, 2.75) is 386 Å². The minimum atomic E-state index is -0.777. The molecule has 0 amide bonds. The van der Waals surface area contributed by atoms with Crippen LogP contribution in [0.1, 0.15) is 380 Å². The Morgan fingerprint density at radius 2 is 0.470 bits per heavy atom. The van der Waals surface area contributed by atoms with Crippen molar-refractivity contribution in [1.82, 2.24) is 0 Å². The average Bonchev–Trinajstić information content (AvgIpc) is 3.49. The van der Waals surface area contributed by atoms with Gasteiger partial charge in [-0.25, -0.2) is 0 Å². The van der Waals surface area contributed by atoms with Crippen molar-refractivity contribution in [2.75, 3.05) is 13.2 Å². The lowest BCUT2D eigenvalue weighted by atomic mass is 10.0. The summed E-state index contributed by atoms with van der Waals surface area (Å²) in [5, 5.41) is 0. The van der Waals surface area contributed by atoms with Crippen LogP contribution in [0.15, 0.2) is 72.9 Å². The lowest BCUT2D eigenvalue weighted by Gasteiger charge is -2.18. The Balaban J connectivity index is 4.22. The lowest BCUT2D eigenvalue weighted by Crippen LogP contribution is -2.30. The summed E-state index contributed by atoms with van der Waals surface area (Å²) in [5.41, 5.74) is 0. The van der Waals surface area contributed by atoms with Gasteiger partial charge in [0.1, 0.15) is 13.2 Å². The van der Waals surface area contributed by atoms with Crippen LogP contribution in [0.5, 0.6) is 0 Å². The molecule has 1 atom stereocenters. The van der Waals surface area contributed by atoms with E-state index >= 15 is 0 Å². The molecule has 0 N–H and O–H groups in total. The number of carbonyl (C=O) groups excluding carboxylic acids is 3. The molecule has 1 unspecified atom stereocenters. The van der Waals surface area contributed by atoms with E-state index in [1.807, 2.05) is 0 Å². The minimum Gasteiger partial charge on any atom is -0.462 e. The fourth-order valence-electron chi connectivity index (χ4n) is 10.8. The second-order valence-electron chi connectivity index (χ2n) is 24.5. The van der Waals surface area contributed by atoms with Gasteiger partial charge in [0.2, 0.25) is 0 Å². The van der Waals surface area contributed by atoms with E-state index in [9.17, 15) is 14.4 Å². The zero-order valence-electron chi connectivity index (χ0n) is 55.5. The molecule has 0 aliphatic heterocycles. The van der Waals surface area contributed by atoms with Crippen LogP contribution in [-0.2, 0) is 28.6 Å². The number of allylic oxidation sites excluding steroid dienone is 12. The van der Waals surface area contributed by atoms with E-state index in [-0.39, 0.29) is 31.1 Å². The predicted octanol–water partition coefficient (Wildman–Crippen LogP) is 25.2. The van der Waals surface area contributed by atoms with Gasteiger partial charge < -0.3 is 14.2 Å². The molecule has 0 aromatic rings. The van der Waals surface area contributed by atoms with Crippen LogP contribution in [-0.4, -0.2) is 37.2 Å². The number of unbranched alkanes of at least 4 members (excludes halogenated alkanes) is 44. The van der Waals surface area contributed by atoms with Gasteiger partial charge in [-0.3, -0.25) is 14.4 Å². The van der Waals surface area contributed by atoms with Crippen LogP contribution >= 0.6 is 0 Å². The zero-order valence-corrected chi connectivity index (χ0v) is 55.5. The fraction of sp³-hybridized carbons (Fsp3) is 0.805. The topological polar surface area (TPSA) is 78.9 Å². The first kappa shape index (κ1) is 79.8. The van der Waals surface area contributed by atoms with Gasteiger partial charge in [0.25, 0.3) is 0 Å². The van der Waals surface area contributed by atoms with Gasteiger partial charge in [-0.1, -0.05) is 344 Å². The van der Waals surface area contributed by atoms with Crippen LogP contribution < -0.4 is 0 Å².